The summed E-state index contributed by atoms with van der Waals surface area (Å²) >= 11 is 0. The zero-order valence-corrected chi connectivity index (χ0v) is 35.2. The zero-order chi connectivity index (χ0) is 41.3. The molecule has 0 bridgehead atoms. The van der Waals surface area contributed by atoms with Crippen LogP contribution in [-0.4, -0.2) is 71.5 Å². The van der Waals surface area contributed by atoms with Gasteiger partial charge in [-0.15, -0.1) is 0 Å². The fraction of sp³-hybridized carbons (Fsp3) is 0.481. The minimum atomic E-state index is -0.521. The van der Waals surface area contributed by atoms with E-state index in [4.69, 9.17) is 9.73 Å². The van der Waals surface area contributed by atoms with Gasteiger partial charge in [0.05, 0.1) is 24.8 Å². The van der Waals surface area contributed by atoms with Crippen molar-refractivity contribution < 1.29 is 24.5 Å². The molecule has 2 amide bonds. The van der Waals surface area contributed by atoms with Crippen LogP contribution in [0.5, 0.6) is 17.2 Å². The first-order valence-electron chi connectivity index (χ1n) is 23.1. The molecule has 0 aromatic heterocycles. The van der Waals surface area contributed by atoms with Gasteiger partial charge < -0.3 is 24.7 Å². The Hall–Kier alpha value is -5.15. The number of phenolic OH excluding ortho intramolecular Hbond substituents is 2. The molecule has 2 aliphatic carbocycles. The molecular weight excluding hydrogens is 761 g/mol. The Bertz CT molecular complexity index is 2370. The van der Waals surface area contributed by atoms with Crippen molar-refractivity contribution in [2.45, 2.75) is 108 Å². The lowest BCUT2D eigenvalue weighted by atomic mass is 9.66. The van der Waals surface area contributed by atoms with E-state index < -0.39 is 5.92 Å². The first kappa shape index (κ1) is 38.7. The number of aromatic hydroxyl groups is 2. The number of anilines is 1. The molecule has 0 radical (unpaired) electrons. The number of rotatable bonds is 5. The molecule has 316 valence electrons. The van der Waals surface area contributed by atoms with Crippen molar-refractivity contribution in [2.24, 2.45) is 21.7 Å². The number of carbonyl (C=O) groups excluding carboxylic acids is 2. The van der Waals surface area contributed by atoms with E-state index in [-0.39, 0.29) is 35.3 Å². The third-order valence-corrected chi connectivity index (χ3v) is 16.4. The molecule has 1 unspecified atom stereocenters. The van der Waals surface area contributed by atoms with Crippen molar-refractivity contribution in [3.63, 3.8) is 0 Å². The van der Waals surface area contributed by atoms with E-state index in [9.17, 15) is 19.8 Å². The number of likely N-dealkylation sites (tertiary alicyclic amines) is 1. The smallest absolute Gasteiger partial charge is 0.235 e. The summed E-state index contributed by atoms with van der Waals surface area (Å²) in [5, 5.41) is 24.2. The maximum atomic E-state index is 12.7. The van der Waals surface area contributed by atoms with Crippen LogP contribution in [0.1, 0.15) is 121 Å². The maximum Gasteiger partial charge on any atom is 0.235 e. The minimum Gasteiger partial charge on any atom is -0.508 e. The van der Waals surface area contributed by atoms with Gasteiger partial charge in [-0.2, -0.15) is 0 Å². The highest BCUT2D eigenvalue weighted by atomic mass is 16.5. The lowest BCUT2D eigenvalue weighted by Gasteiger charge is -2.51. The molecule has 4 aromatic carbocycles. The molecule has 5 heterocycles. The molecular formula is C52H58N4O5. The summed E-state index contributed by atoms with van der Waals surface area (Å²) in [5.41, 5.74) is 10.5. The molecule has 3 N–H and O–H groups in total. The van der Waals surface area contributed by atoms with E-state index in [0.29, 0.717) is 59.7 Å². The van der Waals surface area contributed by atoms with E-state index in [1.807, 2.05) is 12.1 Å². The number of nitrogens with one attached hydrogen (secondary N) is 1. The van der Waals surface area contributed by atoms with Gasteiger partial charge in [-0.1, -0.05) is 48.5 Å². The van der Waals surface area contributed by atoms with Gasteiger partial charge in [-0.05, 0) is 165 Å². The number of piperidine rings is 3. The fourth-order valence-corrected chi connectivity index (χ4v) is 12.8. The highest BCUT2D eigenvalue weighted by Gasteiger charge is 2.45. The van der Waals surface area contributed by atoms with E-state index >= 15 is 0 Å². The number of carbonyl (C=O) groups is 2. The molecule has 5 aliphatic heterocycles. The van der Waals surface area contributed by atoms with E-state index in [1.54, 1.807) is 0 Å². The summed E-state index contributed by atoms with van der Waals surface area (Å²) < 4.78 is 6.43. The van der Waals surface area contributed by atoms with Crippen LogP contribution in [0.4, 0.5) is 5.69 Å². The van der Waals surface area contributed by atoms with Crippen LogP contribution in [0.15, 0.2) is 83.9 Å². The molecule has 11 rings (SSSR count). The van der Waals surface area contributed by atoms with Crippen LogP contribution >= 0.6 is 0 Å². The second-order valence-electron chi connectivity index (χ2n) is 19.7. The number of hydrogen-bond donors (Lipinski definition) is 3. The number of aliphatic imine (C=N–C) groups is 1. The first-order chi connectivity index (χ1) is 29.7. The second-order valence-corrected chi connectivity index (χ2v) is 19.7. The van der Waals surface area contributed by atoms with Gasteiger partial charge in [0.15, 0.2) is 11.5 Å². The van der Waals surface area contributed by atoms with Crippen LogP contribution in [0.3, 0.4) is 0 Å². The topological polar surface area (TPSA) is 115 Å². The van der Waals surface area contributed by atoms with Gasteiger partial charge in [0.2, 0.25) is 11.8 Å². The second kappa shape index (κ2) is 15.3. The SMILES string of the molecule is O=C1CCC(C2=NCc3cc4c(c(O)c32)OCC2(CCN(C3CCC5(CC3)CCN(c3ccc([C@@H]6c7ccc(O)cc7CC[C@@H]6c6ccccc6)cc3)CC5)CC2)C4)C(=O)N1. The average molecular weight is 819 g/mol. The van der Waals surface area contributed by atoms with Crippen molar-refractivity contribution in [2.75, 3.05) is 37.7 Å². The highest BCUT2D eigenvalue weighted by molar-refractivity contribution is 6.19. The largest absolute Gasteiger partial charge is 0.508 e. The molecule has 3 atom stereocenters. The number of ether oxygens (including phenoxy) is 1. The van der Waals surface area contributed by atoms with Crippen LogP contribution in [0, 0.1) is 16.7 Å². The summed E-state index contributed by atoms with van der Waals surface area (Å²) in [6.07, 6.45) is 13.6. The van der Waals surface area contributed by atoms with E-state index in [2.05, 4.69) is 81.8 Å². The van der Waals surface area contributed by atoms with Gasteiger partial charge in [0, 0.05) is 48.1 Å². The van der Waals surface area contributed by atoms with Crippen molar-refractivity contribution in [1.29, 1.82) is 0 Å². The van der Waals surface area contributed by atoms with Gasteiger partial charge in [-0.25, -0.2) is 0 Å². The Labute approximate surface area is 359 Å². The van der Waals surface area contributed by atoms with Gasteiger partial charge in [0.25, 0.3) is 0 Å². The van der Waals surface area contributed by atoms with E-state index in [0.717, 1.165) is 69.4 Å². The lowest BCUT2D eigenvalue weighted by molar-refractivity contribution is -0.134. The number of benzene rings is 4. The molecule has 3 saturated heterocycles. The van der Waals surface area contributed by atoms with Gasteiger partial charge >= 0.3 is 0 Å². The summed E-state index contributed by atoms with van der Waals surface area (Å²) in [7, 11) is 0. The third-order valence-electron chi connectivity index (χ3n) is 16.4. The number of fused-ring (bicyclic) bond motifs is 3. The summed E-state index contributed by atoms with van der Waals surface area (Å²) in [4.78, 5) is 34.5. The number of hydrogen-bond acceptors (Lipinski definition) is 8. The molecule has 1 saturated carbocycles. The predicted molar refractivity (Wildman–Crippen MR) is 237 cm³/mol. The zero-order valence-electron chi connectivity index (χ0n) is 35.2. The molecule has 4 aromatic rings. The van der Waals surface area contributed by atoms with Crippen LogP contribution in [0.25, 0.3) is 0 Å². The van der Waals surface area contributed by atoms with E-state index in [1.165, 1.54) is 66.5 Å². The standard InChI is InChI=1S/C52H58N4O5/c57-40-11-13-42-35(29-40)8-12-41(33-4-2-1-3-5-33)45(42)34-6-9-38(10-7-34)55-24-20-51(21-25-55)18-16-39(17-19-51)56-26-22-52(23-27-56)30-36-28-37-31-53-47(43-14-15-44(58)54-50(43)60)46(37)48(59)49(36)61-32-52/h1-7,9-11,13,28-29,39,41,43,45,57,59H,8,12,14-27,30-32H2,(H,54,58,60)/t41-,43?,45+/m1/s1. The fourth-order valence-electron chi connectivity index (χ4n) is 12.8. The number of phenols is 2. The summed E-state index contributed by atoms with van der Waals surface area (Å²) in [5.74, 6) is 0.614. The molecule has 61 heavy (non-hydrogen) atoms. The molecule has 9 heteroatoms. The van der Waals surface area contributed by atoms with Crippen molar-refractivity contribution in [3.8, 4) is 17.2 Å². The monoisotopic (exact) mass is 818 g/mol. The van der Waals surface area contributed by atoms with Gasteiger partial charge in [0.1, 0.15) is 5.75 Å². The summed E-state index contributed by atoms with van der Waals surface area (Å²) in [6.45, 7) is 5.49. The number of aryl methyl sites for hydroxylation is 1. The Balaban J connectivity index is 0.689. The Morgan fingerprint density at radius 2 is 1.48 bits per heavy atom. The van der Waals surface area contributed by atoms with Crippen LogP contribution < -0.4 is 15.0 Å². The van der Waals surface area contributed by atoms with Crippen LogP contribution in [0.2, 0.25) is 0 Å². The number of imide groups is 1. The molecule has 4 fully saturated rings. The molecule has 9 nitrogen and oxygen atoms in total. The predicted octanol–water partition coefficient (Wildman–Crippen LogP) is 8.56. The van der Waals surface area contributed by atoms with Crippen molar-refractivity contribution in [3.05, 3.63) is 118 Å². The van der Waals surface area contributed by atoms with Crippen molar-refractivity contribution in [1.82, 2.24) is 10.2 Å². The Morgan fingerprint density at radius 3 is 2.23 bits per heavy atom. The number of nitrogens with zero attached hydrogens (tertiary/aromatic N) is 3. The number of amides is 2. The minimum absolute atomic E-state index is 0.0749. The van der Waals surface area contributed by atoms with Crippen molar-refractivity contribution >= 4 is 23.2 Å². The molecule has 7 aliphatic rings. The average Bonchev–Trinajstić information content (AvgIpc) is 3.71. The van der Waals surface area contributed by atoms with Crippen LogP contribution in [-0.2, 0) is 29.0 Å². The lowest BCUT2D eigenvalue weighted by Crippen LogP contribution is -2.51. The quantitative estimate of drug-likeness (QED) is 0.173. The maximum absolute atomic E-state index is 12.7. The normalized spacial score (nSPS) is 25.9. The summed E-state index contributed by atoms with van der Waals surface area (Å²) in [6, 6.07) is 29.3. The Kier molecular flexibility index (Phi) is 9.74. The Morgan fingerprint density at radius 1 is 0.721 bits per heavy atom. The first-order valence-corrected chi connectivity index (χ1v) is 23.1. The molecule has 2 spiro atoms. The van der Waals surface area contributed by atoms with Gasteiger partial charge in [-0.3, -0.25) is 19.9 Å². The highest BCUT2D eigenvalue weighted by Crippen LogP contribution is 2.52. The third kappa shape index (κ3) is 7.01.